The highest BCUT2D eigenvalue weighted by molar-refractivity contribution is 6.33. The van der Waals surface area contributed by atoms with Gasteiger partial charge in [-0.2, -0.15) is 13.2 Å². The maximum atomic E-state index is 12.5. The topological polar surface area (TPSA) is 74.2 Å². The number of alkyl halides is 3. The lowest BCUT2D eigenvalue weighted by Crippen LogP contribution is -2.29. The zero-order valence-corrected chi connectivity index (χ0v) is 14.0. The molecule has 1 aromatic heterocycles. The van der Waals surface area contributed by atoms with Gasteiger partial charge in [0.05, 0.1) is 15.6 Å². The van der Waals surface area contributed by atoms with E-state index in [-0.39, 0.29) is 40.3 Å². The first-order valence-corrected chi connectivity index (χ1v) is 7.67. The van der Waals surface area contributed by atoms with Crippen LogP contribution in [-0.2, 0) is 6.18 Å². The van der Waals surface area contributed by atoms with E-state index in [1.54, 1.807) is 0 Å². The van der Waals surface area contributed by atoms with E-state index in [4.69, 9.17) is 23.2 Å². The zero-order chi connectivity index (χ0) is 18.6. The van der Waals surface area contributed by atoms with Gasteiger partial charge in [-0.25, -0.2) is 4.98 Å². The number of hydrogen-bond acceptors (Lipinski definition) is 4. The minimum atomic E-state index is -4.52. The van der Waals surface area contributed by atoms with Crippen LogP contribution in [0.2, 0.25) is 10.0 Å². The number of carbonyl (C=O) groups is 1. The molecule has 1 heterocycles. The largest absolute Gasteiger partial charge is 0.506 e. The van der Waals surface area contributed by atoms with E-state index < -0.39 is 17.6 Å². The van der Waals surface area contributed by atoms with Gasteiger partial charge in [-0.3, -0.25) is 4.79 Å². The summed E-state index contributed by atoms with van der Waals surface area (Å²) >= 11 is 11.5. The Balaban J connectivity index is 1.86. The van der Waals surface area contributed by atoms with E-state index in [9.17, 15) is 23.1 Å². The molecule has 0 aliphatic heterocycles. The minimum absolute atomic E-state index is 0.0477. The number of rotatable bonds is 5. The molecule has 5 nitrogen and oxygen atoms in total. The fourth-order valence-electron chi connectivity index (χ4n) is 1.83. The van der Waals surface area contributed by atoms with Crippen LogP contribution in [0.25, 0.3) is 0 Å². The molecule has 0 atom stereocenters. The third-order valence-corrected chi connectivity index (χ3v) is 3.67. The van der Waals surface area contributed by atoms with Crippen LogP contribution in [0, 0.1) is 0 Å². The molecule has 0 spiro atoms. The van der Waals surface area contributed by atoms with E-state index in [2.05, 4.69) is 15.6 Å². The second kappa shape index (κ2) is 7.79. The highest BCUT2D eigenvalue weighted by Gasteiger charge is 2.31. The quantitative estimate of drug-likeness (QED) is 0.672. The fourth-order valence-corrected chi connectivity index (χ4v) is 2.24. The maximum absolute atomic E-state index is 12.5. The van der Waals surface area contributed by atoms with Crippen molar-refractivity contribution in [1.29, 1.82) is 0 Å². The molecule has 0 bridgehead atoms. The SMILES string of the molecule is O=C(NCCNc1ncc(C(F)(F)F)cc1Cl)c1ccc(O)c(Cl)c1. The number of pyridine rings is 1. The third kappa shape index (κ3) is 5.14. The van der Waals surface area contributed by atoms with Crippen LogP contribution >= 0.6 is 23.2 Å². The van der Waals surface area contributed by atoms with Gasteiger partial charge in [0, 0.05) is 24.8 Å². The monoisotopic (exact) mass is 393 g/mol. The van der Waals surface area contributed by atoms with Gasteiger partial charge in [0.15, 0.2) is 0 Å². The minimum Gasteiger partial charge on any atom is -0.506 e. The van der Waals surface area contributed by atoms with Crippen molar-refractivity contribution >= 4 is 34.9 Å². The molecule has 1 aromatic carbocycles. The molecule has 0 saturated carbocycles. The Labute approximate surface area is 150 Å². The van der Waals surface area contributed by atoms with Crippen molar-refractivity contribution in [3.8, 4) is 5.75 Å². The molecule has 2 rings (SSSR count). The summed E-state index contributed by atoms with van der Waals surface area (Å²) in [6.07, 6.45) is -3.85. The molecule has 1 amide bonds. The van der Waals surface area contributed by atoms with E-state index >= 15 is 0 Å². The second-order valence-electron chi connectivity index (χ2n) is 4.90. The highest BCUT2D eigenvalue weighted by Crippen LogP contribution is 2.32. The first-order valence-electron chi connectivity index (χ1n) is 6.92. The molecule has 0 saturated heterocycles. The Bertz CT molecular complexity index is 785. The van der Waals surface area contributed by atoms with Crippen LogP contribution in [0.4, 0.5) is 19.0 Å². The summed E-state index contributed by atoms with van der Waals surface area (Å²) in [5.74, 6) is -0.477. The lowest BCUT2D eigenvalue weighted by molar-refractivity contribution is -0.137. The van der Waals surface area contributed by atoms with Crippen molar-refractivity contribution < 1.29 is 23.1 Å². The maximum Gasteiger partial charge on any atom is 0.417 e. The van der Waals surface area contributed by atoms with Gasteiger partial charge in [0.1, 0.15) is 11.6 Å². The Morgan fingerprint density at radius 1 is 1.16 bits per heavy atom. The zero-order valence-electron chi connectivity index (χ0n) is 12.5. The van der Waals surface area contributed by atoms with Crippen molar-refractivity contribution in [3.63, 3.8) is 0 Å². The average Bonchev–Trinajstić information content (AvgIpc) is 2.54. The van der Waals surface area contributed by atoms with Crippen molar-refractivity contribution in [2.24, 2.45) is 0 Å². The number of phenolic OH excluding ortho intramolecular Hbond substituents is 1. The summed E-state index contributed by atoms with van der Waals surface area (Å²) in [5.41, 5.74) is -0.686. The van der Waals surface area contributed by atoms with Crippen LogP contribution in [0.15, 0.2) is 30.5 Å². The first-order chi connectivity index (χ1) is 11.7. The van der Waals surface area contributed by atoms with Crippen LogP contribution in [-0.4, -0.2) is 29.1 Å². The number of amides is 1. The number of anilines is 1. The van der Waals surface area contributed by atoms with Gasteiger partial charge in [-0.15, -0.1) is 0 Å². The number of aromatic hydroxyl groups is 1. The summed E-state index contributed by atoms with van der Waals surface area (Å²) in [6.45, 7) is 0.353. The lowest BCUT2D eigenvalue weighted by atomic mass is 10.2. The average molecular weight is 394 g/mol. The predicted octanol–water partition coefficient (Wildman–Crippen LogP) is 3.95. The number of nitrogens with one attached hydrogen (secondary N) is 2. The molecule has 3 N–H and O–H groups in total. The number of benzene rings is 1. The molecule has 134 valence electrons. The number of phenols is 1. The first kappa shape index (κ1) is 19.1. The molecular formula is C15H12Cl2F3N3O2. The van der Waals surface area contributed by atoms with Gasteiger partial charge in [-0.1, -0.05) is 23.2 Å². The van der Waals surface area contributed by atoms with Gasteiger partial charge in [-0.05, 0) is 24.3 Å². The molecule has 0 aliphatic rings. The summed E-state index contributed by atoms with van der Waals surface area (Å²) in [7, 11) is 0. The van der Waals surface area contributed by atoms with Crippen LogP contribution in [0.3, 0.4) is 0 Å². The third-order valence-electron chi connectivity index (χ3n) is 3.08. The summed E-state index contributed by atoms with van der Waals surface area (Å²) in [6, 6.07) is 4.78. The van der Waals surface area contributed by atoms with E-state index in [0.717, 1.165) is 6.07 Å². The molecule has 2 aromatic rings. The number of aromatic nitrogens is 1. The van der Waals surface area contributed by atoms with E-state index in [1.807, 2.05) is 0 Å². The number of nitrogens with zero attached hydrogens (tertiary/aromatic N) is 1. The predicted molar refractivity (Wildman–Crippen MR) is 88.2 cm³/mol. The van der Waals surface area contributed by atoms with Crippen LogP contribution in [0.5, 0.6) is 5.75 Å². The number of halogens is 5. The van der Waals surface area contributed by atoms with Gasteiger partial charge in [0.25, 0.3) is 5.91 Å². The van der Waals surface area contributed by atoms with Crippen molar-refractivity contribution in [2.45, 2.75) is 6.18 Å². The van der Waals surface area contributed by atoms with Crippen molar-refractivity contribution in [1.82, 2.24) is 10.3 Å². The van der Waals surface area contributed by atoms with Crippen molar-refractivity contribution in [2.75, 3.05) is 18.4 Å². The molecule has 0 radical (unpaired) electrons. The second-order valence-corrected chi connectivity index (χ2v) is 5.72. The summed E-state index contributed by atoms with van der Waals surface area (Å²) in [5, 5.41) is 14.5. The van der Waals surface area contributed by atoms with Gasteiger partial charge >= 0.3 is 6.18 Å². The standard InChI is InChI=1S/C15H12Cl2F3N3O2/c16-10-5-8(1-2-12(10)24)14(25)22-4-3-21-13-11(17)6-9(7-23-13)15(18,19)20/h1-2,5-7,24H,3-4H2,(H,21,23)(H,22,25). The van der Waals surface area contributed by atoms with E-state index in [1.165, 1.54) is 18.2 Å². The Morgan fingerprint density at radius 2 is 1.88 bits per heavy atom. The molecule has 0 fully saturated rings. The normalized spacial score (nSPS) is 11.2. The number of hydrogen-bond donors (Lipinski definition) is 3. The highest BCUT2D eigenvalue weighted by atomic mass is 35.5. The Kier molecular flexibility index (Phi) is 5.97. The number of carbonyl (C=O) groups excluding carboxylic acids is 1. The molecule has 0 aliphatic carbocycles. The Hall–Kier alpha value is -2.19. The molecule has 25 heavy (non-hydrogen) atoms. The van der Waals surface area contributed by atoms with E-state index in [0.29, 0.717) is 6.20 Å². The van der Waals surface area contributed by atoms with Crippen molar-refractivity contribution in [3.05, 3.63) is 51.6 Å². The van der Waals surface area contributed by atoms with Gasteiger partial charge in [0.2, 0.25) is 0 Å². The van der Waals surface area contributed by atoms with Crippen LogP contribution < -0.4 is 10.6 Å². The Morgan fingerprint density at radius 3 is 2.48 bits per heavy atom. The molecule has 10 heteroatoms. The van der Waals surface area contributed by atoms with Gasteiger partial charge < -0.3 is 15.7 Å². The molecule has 0 unspecified atom stereocenters. The molecular weight excluding hydrogens is 382 g/mol. The summed E-state index contributed by atoms with van der Waals surface area (Å²) in [4.78, 5) is 15.5. The smallest absolute Gasteiger partial charge is 0.417 e. The lowest BCUT2D eigenvalue weighted by Gasteiger charge is -2.11. The fraction of sp³-hybridized carbons (Fsp3) is 0.200. The summed E-state index contributed by atoms with van der Waals surface area (Å²) < 4.78 is 37.6. The van der Waals surface area contributed by atoms with Crippen LogP contribution in [0.1, 0.15) is 15.9 Å².